The van der Waals surface area contributed by atoms with Crippen molar-refractivity contribution in [1.29, 1.82) is 0 Å². The molecule has 2 aromatic carbocycles. The highest BCUT2D eigenvalue weighted by Gasteiger charge is 2.34. The first kappa shape index (κ1) is 20.2. The van der Waals surface area contributed by atoms with Crippen LogP contribution in [0.4, 0.5) is 4.79 Å². The van der Waals surface area contributed by atoms with Gasteiger partial charge in [0.25, 0.3) is 17.1 Å². The number of carbonyl (C=O) groups excluding carboxylic acids is 3. The fraction of sp³-hybridized carbons (Fsp3) is 0.190. The Labute approximate surface area is 172 Å². The van der Waals surface area contributed by atoms with Gasteiger partial charge in [0.05, 0.1) is 4.91 Å². The predicted molar refractivity (Wildman–Crippen MR) is 115 cm³/mol. The van der Waals surface area contributed by atoms with E-state index >= 15 is 0 Å². The number of benzene rings is 2. The molecule has 0 bridgehead atoms. The topological polar surface area (TPSA) is 66.5 Å². The van der Waals surface area contributed by atoms with E-state index in [1.807, 2.05) is 54.8 Å². The number of nitrogens with zero attached hydrogens (tertiary/aromatic N) is 1. The minimum atomic E-state index is -0.324. The number of rotatable bonds is 7. The summed E-state index contributed by atoms with van der Waals surface area (Å²) in [5.41, 5.74) is 2.52. The largest absolute Gasteiger partial charge is 0.350 e. The first-order valence-corrected chi connectivity index (χ1v) is 11.0. The van der Waals surface area contributed by atoms with Crippen LogP contribution in [0.3, 0.4) is 0 Å². The lowest BCUT2D eigenvalue weighted by atomic mass is 10.1. The highest BCUT2D eigenvalue weighted by Crippen LogP contribution is 2.31. The van der Waals surface area contributed by atoms with Crippen molar-refractivity contribution in [2.45, 2.75) is 5.75 Å². The third kappa shape index (κ3) is 5.05. The predicted octanol–water partition coefficient (Wildman–Crippen LogP) is 4.02. The van der Waals surface area contributed by atoms with Crippen LogP contribution < -0.4 is 5.32 Å². The molecule has 28 heavy (non-hydrogen) atoms. The molecular formula is C21H20N2O3S2. The molecule has 144 valence electrons. The minimum absolute atomic E-state index is 0.146. The maximum absolute atomic E-state index is 12.5. The molecule has 1 heterocycles. The van der Waals surface area contributed by atoms with Gasteiger partial charge in [0.15, 0.2) is 0 Å². The van der Waals surface area contributed by atoms with E-state index in [-0.39, 0.29) is 30.1 Å². The van der Waals surface area contributed by atoms with Gasteiger partial charge >= 0.3 is 0 Å². The van der Waals surface area contributed by atoms with E-state index in [0.717, 1.165) is 28.6 Å². The third-order valence-corrected chi connectivity index (χ3v) is 5.62. The first-order valence-electron chi connectivity index (χ1n) is 8.75. The summed E-state index contributed by atoms with van der Waals surface area (Å²) in [4.78, 5) is 38.5. The Bertz CT molecular complexity index is 913. The van der Waals surface area contributed by atoms with Gasteiger partial charge < -0.3 is 5.32 Å². The molecular weight excluding hydrogens is 392 g/mol. The van der Waals surface area contributed by atoms with E-state index < -0.39 is 0 Å². The van der Waals surface area contributed by atoms with Crippen LogP contribution in [-0.4, -0.2) is 41.3 Å². The quantitative estimate of drug-likeness (QED) is 0.696. The zero-order chi connectivity index (χ0) is 19.9. The number of carbonyl (C=O) groups is 3. The van der Waals surface area contributed by atoms with Gasteiger partial charge in [-0.15, -0.1) is 0 Å². The summed E-state index contributed by atoms with van der Waals surface area (Å²) in [5.74, 6) is 0.302. The van der Waals surface area contributed by atoms with Crippen molar-refractivity contribution in [3.63, 3.8) is 0 Å². The van der Waals surface area contributed by atoms with Crippen molar-refractivity contribution in [2.24, 2.45) is 0 Å². The zero-order valence-electron chi connectivity index (χ0n) is 15.4. The van der Waals surface area contributed by atoms with Crippen molar-refractivity contribution in [3.05, 3.63) is 76.2 Å². The molecule has 2 aromatic rings. The average Bonchev–Trinajstić information content (AvgIpc) is 2.96. The molecule has 7 heteroatoms. The number of amides is 3. The van der Waals surface area contributed by atoms with Crippen LogP contribution in [0.1, 0.15) is 21.5 Å². The molecule has 0 spiro atoms. The molecule has 3 amide bonds. The second-order valence-corrected chi connectivity index (χ2v) is 7.99. The summed E-state index contributed by atoms with van der Waals surface area (Å²) in [6.45, 7) is 0.356. The van der Waals surface area contributed by atoms with Crippen LogP contribution in [-0.2, 0) is 10.5 Å². The molecule has 1 N–H and O–H groups in total. The molecule has 0 aliphatic carbocycles. The van der Waals surface area contributed by atoms with Gasteiger partial charge in [-0.3, -0.25) is 19.3 Å². The van der Waals surface area contributed by atoms with Crippen LogP contribution in [0.15, 0.2) is 59.5 Å². The van der Waals surface area contributed by atoms with E-state index in [0.29, 0.717) is 10.5 Å². The van der Waals surface area contributed by atoms with E-state index in [1.165, 1.54) is 4.90 Å². The van der Waals surface area contributed by atoms with E-state index in [4.69, 9.17) is 0 Å². The van der Waals surface area contributed by atoms with Gasteiger partial charge in [0, 0.05) is 24.4 Å². The number of thioether (sulfide) groups is 2. The fourth-order valence-corrected chi connectivity index (χ4v) is 4.12. The number of imide groups is 1. The van der Waals surface area contributed by atoms with Crippen molar-refractivity contribution in [3.8, 4) is 0 Å². The number of hydrogen-bond donors (Lipinski definition) is 1. The highest BCUT2D eigenvalue weighted by atomic mass is 32.2. The highest BCUT2D eigenvalue weighted by molar-refractivity contribution is 8.18. The SMILES string of the molecule is CSCc1cccc(C(=O)NCCN2C(=O)S/C(=C\c3ccccc3)C2=O)c1. The Morgan fingerprint density at radius 1 is 1.14 bits per heavy atom. The average molecular weight is 413 g/mol. The van der Waals surface area contributed by atoms with Gasteiger partial charge in [-0.1, -0.05) is 42.5 Å². The molecule has 1 fully saturated rings. The Balaban J connectivity index is 1.56. The summed E-state index contributed by atoms with van der Waals surface area (Å²) in [5, 5.41) is 2.46. The molecule has 0 saturated carbocycles. The Morgan fingerprint density at radius 2 is 1.93 bits per heavy atom. The second kappa shape index (κ2) is 9.61. The summed E-state index contributed by atoms with van der Waals surface area (Å²) >= 11 is 2.61. The van der Waals surface area contributed by atoms with Crippen molar-refractivity contribution in [1.82, 2.24) is 10.2 Å². The lowest BCUT2D eigenvalue weighted by Gasteiger charge is -2.13. The van der Waals surface area contributed by atoms with Crippen LogP contribution in [0.5, 0.6) is 0 Å². The molecule has 1 aliphatic heterocycles. The van der Waals surface area contributed by atoms with Crippen molar-refractivity contribution < 1.29 is 14.4 Å². The normalized spacial score (nSPS) is 15.3. The van der Waals surface area contributed by atoms with Crippen LogP contribution in [0.25, 0.3) is 6.08 Å². The lowest BCUT2D eigenvalue weighted by molar-refractivity contribution is -0.122. The van der Waals surface area contributed by atoms with Crippen LogP contribution in [0, 0.1) is 0 Å². The Kier molecular flexibility index (Phi) is 6.95. The van der Waals surface area contributed by atoms with Crippen molar-refractivity contribution >= 4 is 46.7 Å². The molecule has 5 nitrogen and oxygen atoms in total. The fourth-order valence-electron chi connectivity index (χ4n) is 2.75. The Hall–Kier alpha value is -2.51. The van der Waals surface area contributed by atoms with Gasteiger partial charge in [-0.05, 0) is 47.4 Å². The zero-order valence-corrected chi connectivity index (χ0v) is 17.0. The molecule has 0 radical (unpaired) electrons. The standard InChI is InChI=1S/C21H20N2O3S2/c1-27-14-16-8-5-9-17(12-16)19(24)22-10-11-23-20(25)18(28-21(23)26)13-15-6-3-2-4-7-15/h2-9,12-13H,10-11,14H2,1H3,(H,22,24)/b18-13-. The molecule has 0 unspecified atom stereocenters. The van der Waals surface area contributed by atoms with Crippen LogP contribution >= 0.6 is 23.5 Å². The monoisotopic (exact) mass is 412 g/mol. The molecule has 0 aromatic heterocycles. The van der Waals surface area contributed by atoms with Crippen molar-refractivity contribution in [2.75, 3.05) is 19.3 Å². The summed E-state index contributed by atoms with van der Waals surface area (Å²) in [7, 11) is 0. The molecule has 3 rings (SSSR count). The maximum atomic E-state index is 12.5. The second-order valence-electron chi connectivity index (χ2n) is 6.13. The minimum Gasteiger partial charge on any atom is -0.350 e. The van der Waals surface area contributed by atoms with Crippen LogP contribution in [0.2, 0.25) is 0 Å². The molecule has 0 atom stereocenters. The molecule has 1 aliphatic rings. The molecule has 1 saturated heterocycles. The van der Waals surface area contributed by atoms with E-state index in [9.17, 15) is 14.4 Å². The van der Waals surface area contributed by atoms with E-state index in [1.54, 1.807) is 23.9 Å². The number of nitrogens with one attached hydrogen (secondary N) is 1. The Morgan fingerprint density at radius 3 is 2.68 bits per heavy atom. The van der Waals surface area contributed by atoms with Gasteiger partial charge in [-0.25, -0.2) is 0 Å². The summed E-state index contributed by atoms with van der Waals surface area (Å²) < 4.78 is 0. The first-order chi connectivity index (χ1) is 13.6. The smallest absolute Gasteiger partial charge is 0.293 e. The van der Waals surface area contributed by atoms with E-state index in [2.05, 4.69) is 5.32 Å². The summed E-state index contributed by atoms with van der Waals surface area (Å²) in [6.07, 6.45) is 3.72. The maximum Gasteiger partial charge on any atom is 0.293 e. The number of hydrogen-bond acceptors (Lipinski definition) is 5. The van der Waals surface area contributed by atoms with Gasteiger partial charge in [-0.2, -0.15) is 11.8 Å². The summed E-state index contributed by atoms with van der Waals surface area (Å²) in [6, 6.07) is 16.8. The van der Waals surface area contributed by atoms with Gasteiger partial charge in [0.1, 0.15) is 0 Å². The third-order valence-electron chi connectivity index (χ3n) is 4.09. The lowest BCUT2D eigenvalue weighted by Crippen LogP contribution is -2.37. The van der Waals surface area contributed by atoms with Gasteiger partial charge in [0.2, 0.25) is 0 Å².